The van der Waals surface area contributed by atoms with Gasteiger partial charge in [-0.1, -0.05) is 72.8 Å². The summed E-state index contributed by atoms with van der Waals surface area (Å²) in [5.41, 5.74) is 3.34. The van der Waals surface area contributed by atoms with E-state index in [2.05, 4.69) is 24.3 Å². The van der Waals surface area contributed by atoms with Crippen molar-refractivity contribution in [2.45, 2.75) is 13.1 Å². The topological polar surface area (TPSA) is 45.1 Å². The summed E-state index contributed by atoms with van der Waals surface area (Å²) in [5, 5.41) is 0. The predicted octanol–water partition coefficient (Wildman–Crippen LogP) is 2.50. The second kappa shape index (κ2) is 10.2. The molecule has 0 unspecified atom stereocenters. The van der Waals surface area contributed by atoms with Crippen LogP contribution < -0.4 is 4.90 Å². The molecule has 5 nitrogen and oxygen atoms in total. The van der Waals surface area contributed by atoms with E-state index in [1.165, 1.54) is 10.5 Å². The fourth-order valence-electron chi connectivity index (χ4n) is 4.25. The lowest BCUT2D eigenvalue weighted by molar-refractivity contribution is -0.917. The highest BCUT2D eigenvalue weighted by atomic mass is 16.2. The minimum atomic E-state index is -0.133. The van der Waals surface area contributed by atoms with E-state index in [9.17, 15) is 9.59 Å². The Kier molecular flexibility index (Phi) is 6.97. The highest BCUT2D eigenvalue weighted by Crippen LogP contribution is 2.16. The summed E-state index contributed by atoms with van der Waals surface area (Å²) in [6.07, 6.45) is 0. The van der Waals surface area contributed by atoms with Crippen LogP contribution in [0.5, 0.6) is 0 Å². The molecule has 1 aliphatic heterocycles. The Morgan fingerprint density at radius 3 is 1.94 bits per heavy atom. The standard InChI is InChI=1S/C27H29N3O2/c1-28(20-22-10-4-2-5-11-22)26(31)24-14-8-9-15-25(24)27(32)30-18-16-29(17-19-30)21-23-12-6-3-7-13-23/h2-15H,16-21H2,1H3/p+1. The van der Waals surface area contributed by atoms with E-state index < -0.39 is 0 Å². The molecule has 1 saturated heterocycles. The van der Waals surface area contributed by atoms with E-state index in [1.54, 1.807) is 24.1 Å². The molecule has 4 rings (SSSR count). The molecule has 1 heterocycles. The SMILES string of the molecule is CN(Cc1ccccc1)C(=O)c1ccccc1C(=O)N1CC[NH+](Cc2ccccc2)CC1. The van der Waals surface area contributed by atoms with Crippen LogP contribution in [-0.4, -0.2) is 54.8 Å². The first-order valence-corrected chi connectivity index (χ1v) is 11.2. The molecule has 1 N–H and O–H groups in total. The first-order chi connectivity index (χ1) is 15.6. The van der Waals surface area contributed by atoms with Crippen LogP contribution in [-0.2, 0) is 13.1 Å². The van der Waals surface area contributed by atoms with E-state index in [0.717, 1.165) is 25.2 Å². The van der Waals surface area contributed by atoms with Gasteiger partial charge in [0.1, 0.15) is 6.54 Å². The normalized spacial score (nSPS) is 14.2. The number of rotatable bonds is 6. The molecule has 0 aromatic heterocycles. The molecule has 5 heteroatoms. The number of hydrogen-bond donors (Lipinski definition) is 1. The summed E-state index contributed by atoms with van der Waals surface area (Å²) in [6.45, 7) is 4.69. The van der Waals surface area contributed by atoms with Gasteiger partial charge in [0.2, 0.25) is 0 Å². The number of carbonyl (C=O) groups is 2. The number of quaternary nitrogens is 1. The molecule has 0 spiro atoms. The zero-order valence-electron chi connectivity index (χ0n) is 18.5. The average Bonchev–Trinajstić information content (AvgIpc) is 2.85. The summed E-state index contributed by atoms with van der Waals surface area (Å²) in [5.74, 6) is -0.188. The molecule has 2 amide bonds. The van der Waals surface area contributed by atoms with Crippen LogP contribution in [0.15, 0.2) is 84.9 Å². The molecular weight excluding hydrogens is 398 g/mol. The Morgan fingerprint density at radius 1 is 0.781 bits per heavy atom. The second-order valence-corrected chi connectivity index (χ2v) is 8.40. The fourth-order valence-corrected chi connectivity index (χ4v) is 4.25. The van der Waals surface area contributed by atoms with E-state index in [4.69, 9.17) is 0 Å². The molecule has 32 heavy (non-hydrogen) atoms. The lowest BCUT2D eigenvalue weighted by atomic mass is 10.0. The van der Waals surface area contributed by atoms with Crippen molar-refractivity contribution in [2.75, 3.05) is 33.2 Å². The average molecular weight is 429 g/mol. The van der Waals surface area contributed by atoms with Gasteiger partial charge in [0.25, 0.3) is 11.8 Å². The third-order valence-electron chi connectivity index (χ3n) is 6.05. The van der Waals surface area contributed by atoms with E-state index in [-0.39, 0.29) is 11.8 Å². The highest BCUT2D eigenvalue weighted by Gasteiger charge is 2.28. The van der Waals surface area contributed by atoms with Crippen LogP contribution in [0.4, 0.5) is 0 Å². The zero-order valence-corrected chi connectivity index (χ0v) is 18.5. The minimum Gasteiger partial charge on any atom is -0.337 e. The van der Waals surface area contributed by atoms with Gasteiger partial charge in [-0.2, -0.15) is 0 Å². The second-order valence-electron chi connectivity index (χ2n) is 8.40. The first-order valence-electron chi connectivity index (χ1n) is 11.2. The van der Waals surface area contributed by atoms with Crippen molar-refractivity contribution in [3.63, 3.8) is 0 Å². The fraction of sp³-hybridized carbons (Fsp3) is 0.259. The molecule has 1 fully saturated rings. The van der Waals surface area contributed by atoms with Gasteiger partial charge in [-0.05, 0) is 17.7 Å². The molecule has 1 aliphatic rings. The van der Waals surface area contributed by atoms with Gasteiger partial charge in [0, 0.05) is 19.2 Å². The van der Waals surface area contributed by atoms with Crippen LogP contribution in [0.3, 0.4) is 0 Å². The van der Waals surface area contributed by atoms with Gasteiger partial charge in [0.05, 0.1) is 37.3 Å². The molecule has 0 atom stereocenters. The number of carbonyl (C=O) groups excluding carboxylic acids is 2. The van der Waals surface area contributed by atoms with Crippen molar-refractivity contribution in [3.05, 3.63) is 107 Å². The maximum Gasteiger partial charge on any atom is 0.255 e. The number of nitrogens with one attached hydrogen (secondary N) is 1. The van der Waals surface area contributed by atoms with Gasteiger partial charge in [-0.25, -0.2) is 0 Å². The molecule has 0 radical (unpaired) electrons. The van der Waals surface area contributed by atoms with Crippen LogP contribution in [0, 0.1) is 0 Å². The monoisotopic (exact) mass is 428 g/mol. The Morgan fingerprint density at radius 2 is 1.31 bits per heavy atom. The molecule has 0 aliphatic carbocycles. The zero-order chi connectivity index (χ0) is 22.3. The lowest BCUT2D eigenvalue weighted by Gasteiger charge is -2.32. The Labute approximate surface area is 189 Å². The minimum absolute atomic E-state index is 0.0548. The van der Waals surface area contributed by atoms with Crippen molar-refractivity contribution < 1.29 is 14.5 Å². The number of hydrogen-bond acceptors (Lipinski definition) is 2. The highest BCUT2D eigenvalue weighted by molar-refractivity contribution is 6.07. The Bertz CT molecular complexity index is 1040. The molecule has 3 aromatic rings. The summed E-state index contributed by atoms with van der Waals surface area (Å²) in [4.78, 5) is 31.5. The van der Waals surface area contributed by atoms with Gasteiger partial charge < -0.3 is 14.7 Å². The predicted molar refractivity (Wildman–Crippen MR) is 125 cm³/mol. The van der Waals surface area contributed by atoms with Gasteiger partial charge in [-0.15, -0.1) is 0 Å². The van der Waals surface area contributed by atoms with Crippen LogP contribution in [0.1, 0.15) is 31.8 Å². The van der Waals surface area contributed by atoms with Crippen molar-refractivity contribution in [3.8, 4) is 0 Å². The molecule has 0 saturated carbocycles. The van der Waals surface area contributed by atoms with Crippen molar-refractivity contribution in [1.82, 2.24) is 9.80 Å². The summed E-state index contributed by atoms with van der Waals surface area (Å²) in [6, 6.07) is 27.5. The number of amides is 2. The molecular formula is C27H30N3O2+. The van der Waals surface area contributed by atoms with Crippen LogP contribution in [0.2, 0.25) is 0 Å². The van der Waals surface area contributed by atoms with Crippen molar-refractivity contribution >= 4 is 11.8 Å². The van der Waals surface area contributed by atoms with Gasteiger partial charge in [0.15, 0.2) is 0 Å². The summed E-state index contributed by atoms with van der Waals surface area (Å²) >= 11 is 0. The maximum atomic E-state index is 13.3. The third kappa shape index (κ3) is 5.24. The van der Waals surface area contributed by atoms with Gasteiger partial charge >= 0.3 is 0 Å². The lowest BCUT2D eigenvalue weighted by Crippen LogP contribution is -3.13. The summed E-state index contributed by atoms with van der Waals surface area (Å²) < 4.78 is 0. The molecule has 0 bridgehead atoms. The smallest absolute Gasteiger partial charge is 0.255 e. The first kappa shape index (κ1) is 21.8. The third-order valence-corrected chi connectivity index (χ3v) is 6.05. The Balaban J connectivity index is 1.41. The molecule has 164 valence electrons. The van der Waals surface area contributed by atoms with Crippen LogP contribution >= 0.6 is 0 Å². The van der Waals surface area contributed by atoms with Crippen molar-refractivity contribution in [2.24, 2.45) is 0 Å². The maximum absolute atomic E-state index is 13.3. The number of nitrogens with zero attached hydrogens (tertiary/aromatic N) is 2. The number of piperazine rings is 1. The molecule has 3 aromatic carbocycles. The van der Waals surface area contributed by atoms with E-state index in [0.29, 0.717) is 30.8 Å². The van der Waals surface area contributed by atoms with Gasteiger partial charge in [-0.3, -0.25) is 9.59 Å². The largest absolute Gasteiger partial charge is 0.337 e. The quantitative estimate of drug-likeness (QED) is 0.656. The van der Waals surface area contributed by atoms with E-state index >= 15 is 0 Å². The summed E-state index contributed by atoms with van der Waals surface area (Å²) in [7, 11) is 1.78. The van der Waals surface area contributed by atoms with E-state index in [1.807, 2.05) is 53.4 Å². The Hall–Kier alpha value is -3.44. The number of benzene rings is 3. The van der Waals surface area contributed by atoms with Crippen molar-refractivity contribution in [1.29, 1.82) is 0 Å². The van der Waals surface area contributed by atoms with Crippen LogP contribution in [0.25, 0.3) is 0 Å².